The summed E-state index contributed by atoms with van der Waals surface area (Å²) in [4.78, 5) is 10.6. The Labute approximate surface area is 123 Å². The number of nitro benzene ring substituents is 1. The predicted octanol–water partition coefficient (Wildman–Crippen LogP) is 2.67. The molecule has 1 aromatic carbocycles. The van der Waals surface area contributed by atoms with Gasteiger partial charge in [-0.15, -0.1) is 0 Å². The van der Waals surface area contributed by atoms with Gasteiger partial charge in [0, 0.05) is 29.0 Å². The van der Waals surface area contributed by atoms with Crippen molar-refractivity contribution in [3.8, 4) is 0 Å². The van der Waals surface area contributed by atoms with Crippen LogP contribution in [0.5, 0.6) is 0 Å². The van der Waals surface area contributed by atoms with Gasteiger partial charge >= 0.3 is 0 Å². The Kier molecular flexibility index (Phi) is 6.45. The zero-order chi connectivity index (χ0) is 15.3. The molecule has 0 saturated heterocycles. The molecule has 2 N–H and O–H groups in total. The predicted molar refractivity (Wildman–Crippen MR) is 83.2 cm³/mol. The second-order valence-corrected chi connectivity index (χ2v) is 5.96. The zero-order valence-corrected chi connectivity index (χ0v) is 13.1. The Morgan fingerprint density at radius 1 is 1.45 bits per heavy atom. The molecule has 112 valence electrons. The van der Waals surface area contributed by atoms with Crippen LogP contribution in [0.25, 0.3) is 0 Å². The molecule has 3 unspecified atom stereocenters. The molecule has 0 heterocycles. The van der Waals surface area contributed by atoms with E-state index < -0.39 is 0 Å². The van der Waals surface area contributed by atoms with Crippen LogP contribution in [0.3, 0.4) is 0 Å². The minimum Gasteiger partial charge on any atom is -0.395 e. The highest BCUT2D eigenvalue weighted by atomic mass is 32.2. The van der Waals surface area contributed by atoms with E-state index in [9.17, 15) is 15.2 Å². The van der Waals surface area contributed by atoms with Crippen LogP contribution in [0.1, 0.15) is 31.0 Å². The fourth-order valence-corrected chi connectivity index (χ4v) is 2.97. The van der Waals surface area contributed by atoms with Crippen LogP contribution in [0.15, 0.2) is 18.2 Å². The van der Waals surface area contributed by atoms with Crippen molar-refractivity contribution < 1.29 is 10.0 Å². The molecule has 0 spiro atoms. The van der Waals surface area contributed by atoms with Gasteiger partial charge < -0.3 is 10.4 Å². The fraction of sp³-hybridized carbons (Fsp3) is 0.571. The second-order valence-electron chi connectivity index (χ2n) is 4.88. The smallest absolute Gasteiger partial charge is 0.272 e. The Bertz CT molecular complexity index is 464. The van der Waals surface area contributed by atoms with Crippen molar-refractivity contribution in [2.45, 2.75) is 38.1 Å². The third kappa shape index (κ3) is 3.94. The van der Waals surface area contributed by atoms with Crippen molar-refractivity contribution in [1.29, 1.82) is 0 Å². The van der Waals surface area contributed by atoms with Crippen molar-refractivity contribution in [1.82, 2.24) is 5.32 Å². The summed E-state index contributed by atoms with van der Waals surface area (Å²) < 4.78 is 0. The molecule has 1 rings (SSSR count). The summed E-state index contributed by atoms with van der Waals surface area (Å²) in [5, 5.41) is 23.8. The highest BCUT2D eigenvalue weighted by Crippen LogP contribution is 2.26. The Balaban J connectivity index is 2.90. The maximum absolute atomic E-state index is 11.0. The minimum atomic E-state index is -0.354. The van der Waals surface area contributed by atoms with E-state index in [0.717, 1.165) is 5.56 Å². The van der Waals surface area contributed by atoms with E-state index in [0.29, 0.717) is 5.56 Å². The van der Waals surface area contributed by atoms with Gasteiger partial charge in [0.05, 0.1) is 11.5 Å². The molecule has 0 fully saturated rings. The topological polar surface area (TPSA) is 75.4 Å². The van der Waals surface area contributed by atoms with E-state index >= 15 is 0 Å². The molecule has 6 heteroatoms. The standard InChI is InChI=1S/C14H22N2O3S/c1-9-12(6-5-7-13(9)16(18)19)10(2)15-11(3)14(8-17)20-4/h5-7,10-11,14-15,17H,8H2,1-4H3. The average Bonchev–Trinajstić information content (AvgIpc) is 2.39. The van der Waals surface area contributed by atoms with E-state index in [1.807, 2.05) is 26.2 Å². The molecule has 0 aliphatic heterocycles. The first-order valence-electron chi connectivity index (χ1n) is 6.56. The van der Waals surface area contributed by atoms with Crippen LogP contribution >= 0.6 is 11.8 Å². The minimum absolute atomic E-state index is 0.00824. The molecule has 0 saturated carbocycles. The Morgan fingerprint density at radius 2 is 2.10 bits per heavy atom. The lowest BCUT2D eigenvalue weighted by atomic mass is 10.00. The first kappa shape index (κ1) is 16.9. The monoisotopic (exact) mass is 298 g/mol. The van der Waals surface area contributed by atoms with Crippen LogP contribution in [-0.2, 0) is 0 Å². The molecular weight excluding hydrogens is 276 g/mol. The quantitative estimate of drug-likeness (QED) is 0.598. The van der Waals surface area contributed by atoms with Crippen LogP contribution in [-0.4, -0.2) is 34.2 Å². The molecule has 3 atom stereocenters. The molecule has 0 amide bonds. The van der Waals surface area contributed by atoms with Gasteiger partial charge in [0.2, 0.25) is 0 Å². The van der Waals surface area contributed by atoms with Crippen LogP contribution in [0.2, 0.25) is 0 Å². The average molecular weight is 298 g/mol. The zero-order valence-electron chi connectivity index (χ0n) is 12.3. The molecule has 20 heavy (non-hydrogen) atoms. The molecule has 1 aromatic rings. The number of hydrogen-bond donors (Lipinski definition) is 2. The number of benzene rings is 1. The van der Waals surface area contributed by atoms with Crippen molar-refractivity contribution in [3.05, 3.63) is 39.4 Å². The van der Waals surface area contributed by atoms with Gasteiger partial charge in [-0.05, 0) is 32.6 Å². The summed E-state index contributed by atoms with van der Waals surface area (Å²) in [6.07, 6.45) is 1.96. The second kappa shape index (κ2) is 7.61. The summed E-state index contributed by atoms with van der Waals surface area (Å²) in [5.41, 5.74) is 1.76. The number of hydrogen-bond acceptors (Lipinski definition) is 5. The molecule has 0 aromatic heterocycles. The third-order valence-corrected chi connectivity index (χ3v) is 4.73. The van der Waals surface area contributed by atoms with Gasteiger partial charge in [-0.25, -0.2) is 0 Å². The van der Waals surface area contributed by atoms with E-state index in [4.69, 9.17) is 0 Å². The highest BCUT2D eigenvalue weighted by molar-refractivity contribution is 7.99. The Hall–Kier alpha value is -1.11. The van der Waals surface area contributed by atoms with Crippen LogP contribution in [0.4, 0.5) is 5.69 Å². The van der Waals surface area contributed by atoms with E-state index in [-0.39, 0.29) is 34.6 Å². The normalized spacial score (nSPS) is 15.7. The number of nitrogens with zero attached hydrogens (tertiary/aromatic N) is 1. The van der Waals surface area contributed by atoms with Crippen molar-refractivity contribution in [2.24, 2.45) is 0 Å². The molecule has 5 nitrogen and oxygen atoms in total. The highest BCUT2D eigenvalue weighted by Gasteiger charge is 2.21. The summed E-state index contributed by atoms with van der Waals surface area (Å²) in [6.45, 7) is 5.88. The van der Waals surface area contributed by atoms with Crippen molar-refractivity contribution in [3.63, 3.8) is 0 Å². The lowest BCUT2D eigenvalue weighted by molar-refractivity contribution is -0.385. The van der Waals surface area contributed by atoms with Gasteiger partial charge in [0.25, 0.3) is 5.69 Å². The number of aliphatic hydroxyl groups is 1. The number of nitro groups is 1. The number of thioether (sulfide) groups is 1. The molecule has 0 bridgehead atoms. The summed E-state index contributed by atoms with van der Waals surface area (Å²) >= 11 is 1.61. The first-order valence-corrected chi connectivity index (χ1v) is 7.84. The van der Waals surface area contributed by atoms with Gasteiger partial charge in [-0.2, -0.15) is 11.8 Å². The molecular formula is C14H22N2O3S. The molecule has 0 aliphatic rings. The molecule has 0 aliphatic carbocycles. The SMILES string of the molecule is CSC(CO)C(C)NC(C)c1cccc([N+](=O)[O-])c1C. The first-order chi connectivity index (χ1) is 9.42. The fourth-order valence-electron chi connectivity index (χ4n) is 2.34. The van der Waals surface area contributed by atoms with E-state index in [1.54, 1.807) is 24.8 Å². The summed E-state index contributed by atoms with van der Waals surface area (Å²) in [7, 11) is 0. The van der Waals surface area contributed by atoms with Gasteiger partial charge in [-0.3, -0.25) is 10.1 Å². The summed E-state index contributed by atoms with van der Waals surface area (Å²) in [6, 6.07) is 5.24. The third-order valence-electron chi connectivity index (χ3n) is 3.56. The van der Waals surface area contributed by atoms with Crippen LogP contribution in [0, 0.1) is 17.0 Å². The lowest BCUT2D eigenvalue weighted by Crippen LogP contribution is -2.39. The van der Waals surface area contributed by atoms with Gasteiger partial charge in [-0.1, -0.05) is 12.1 Å². The van der Waals surface area contributed by atoms with Crippen molar-refractivity contribution >= 4 is 17.4 Å². The van der Waals surface area contributed by atoms with Crippen LogP contribution < -0.4 is 5.32 Å². The van der Waals surface area contributed by atoms with E-state index in [1.165, 1.54) is 6.07 Å². The van der Waals surface area contributed by atoms with Gasteiger partial charge in [0.15, 0.2) is 0 Å². The number of rotatable bonds is 7. The maximum atomic E-state index is 11.0. The number of aliphatic hydroxyl groups excluding tert-OH is 1. The number of nitrogens with one attached hydrogen (secondary N) is 1. The largest absolute Gasteiger partial charge is 0.395 e. The Morgan fingerprint density at radius 3 is 2.60 bits per heavy atom. The van der Waals surface area contributed by atoms with E-state index in [2.05, 4.69) is 5.32 Å². The molecule has 0 radical (unpaired) electrons. The van der Waals surface area contributed by atoms with Gasteiger partial charge in [0.1, 0.15) is 0 Å². The summed E-state index contributed by atoms with van der Waals surface area (Å²) in [5.74, 6) is 0. The van der Waals surface area contributed by atoms with Crippen molar-refractivity contribution in [2.75, 3.05) is 12.9 Å². The maximum Gasteiger partial charge on any atom is 0.272 e. The lowest BCUT2D eigenvalue weighted by Gasteiger charge is -2.26.